The van der Waals surface area contributed by atoms with Crippen molar-refractivity contribution in [2.24, 2.45) is 0 Å². The molecule has 0 atom stereocenters. The summed E-state index contributed by atoms with van der Waals surface area (Å²) >= 11 is 0. The van der Waals surface area contributed by atoms with E-state index in [2.05, 4.69) is 46.2 Å². The number of rotatable bonds is 8. The molecule has 0 bridgehead atoms. The fraction of sp³-hybridized carbons (Fsp3) is 0.478. The van der Waals surface area contributed by atoms with Crippen molar-refractivity contribution in [3.8, 4) is 11.5 Å². The van der Waals surface area contributed by atoms with Gasteiger partial charge in [-0.15, -0.1) is 0 Å². The third-order valence-corrected chi connectivity index (χ3v) is 5.54. The summed E-state index contributed by atoms with van der Waals surface area (Å²) in [5.74, 6) is 1.96. The van der Waals surface area contributed by atoms with E-state index < -0.39 is 0 Å². The minimum Gasteiger partial charge on any atom is -0.478 e. The van der Waals surface area contributed by atoms with Crippen LogP contribution in [-0.2, 0) is 19.5 Å². The molecule has 0 unspecified atom stereocenters. The predicted molar refractivity (Wildman–Crippen MR) is 111 cm³/mol. The summed E-state index contributed by atoms with van der Waals surface area (Å²) < 4.78 is 12.0. The van der Waals surface area contributed by atoms with Crippen molar-refractivity contribution in [1.29, 1.82) is 0 Å². The van der Waals surface area contributed by atoms with Gasteiger partial charge in [-0.1, -0.05) is 30.3 Å². The summed E-state index contributed by atoms with van der Waals surface area (Å²) in [6.07, 6.45) is 2.36. The molecule has 2 aromatic rings. The van der Waals surface area contributed by atoms with Crippen LogP contribution in [0, 0.1) is 0 Å². The smallest absolute Gasteiger partial charge is 0.142 e. The van der Waals surface area contributed by atoms with E-state index in [1.807, 2.05) is 0 Å². The van der Waals surface area contributed by atoms with Gasteiger partial charge in [-0.2, -0.15) is 0 Å². The van der Waals surface area contributed by atoms with E-state index in [0.29, 0.717) is 13.5 Å². The molecule has 0 fully saturated rings. The van der Waals surface area contributed by atoms with Gasteiger partial charge in [0.05, 0.1) is 0 Å². The molecule has 0 amide bonds. The number of aliphatic hydroxyl groups is 2. The average molecular weight is 399 g/mol. The number of fused-ring (bicyclic) bond motifs is 2. The summed E-state index contributed by atoms with van der Waals surface area (Å²) in [6, 6.07) is 12.8. The van der Waals surface area contributed by atoms with Crippen LogP contribution in [0.25, 0.3) is 0 Å². The molecule has 0 spiro atoms. The molecule has 0 radical (unpaired) electrons. The van der Waals surface area contributed by atoms with Gasteiger partial charge in [0.1, 0.15) is 25.0 Å². The number of nitrogens with zero attached hydrogens (tertiary/aromatic N) is 2. The van der Waals surface area contributed by atoms with Crippen LogP contribution in [0.4, 0.5) is 0 Å². The van der Waals surface area contributed by atoms with Crippen molar-refractivity contribution in [1.82, 2.24) is 9.80 Å². The fourth-order valence-corrected chi connectivity index (χ4v) is 4.08. The Morgan fingerprint density at radius 1 is 0.828 bits per heavy atom. The lowest BCUT2D eigenvalue weighted by molar-refractivity contribution is 0.0874. The molecule has 2 aromatic carbocycles. The highest BCUT2D eigenvalue weighted by atomic mass is 16.5. The van der Waals surface area contributed by atoms with Gasteiger partial charge in [-0.05, 0) is 30.0 Å². The third-order valence-electron chi connectivity index (χ3n) is 5.54. The first-order chi connectivity index (χ1) is 14.3. The molecule has 0 saturated carbocycles. The lowest BCUT2D eigenvalue weighted by atomic mass is 9.98. The Labute approximate surface area is 172 Å². The minimum absolute atomic E-state index is 0.208. The first kappa shape index (κ1) is 20.2. The zero-order chi connectivity index (χ0) is 20.1. The maximum absolute atomic E-state index is 9.06. The summed E-state index contributed by atoms with van der Waals surface area (Å²) in [5, 5.41) is 18.1. The number of hydrogen-bond donors (Lipinski definition) is 2. The van der Waals surface area contributed by atoms with Gasteiger partial charge in [0.15, 0.2) is 0 Å². The minimum atomic E-state index is 0.208. The predicted octanol–water partition coefficient (Wildman–Crippen LogP) is 2.35. The Bertz CT molecular complexity index is 827. The summed E-state index contributed by atoms with van der Waals surface area (Å²) in [7, 11) is 0. The first-order valence-corrected chi connectivity index (χ1v) is 10.4. The lowest BCUT2D eigenvalue weighted by Crippen LogP contribution is -2.33. The van der Waals surface area contributed by atoms with Gasteiger partial charge in [0.25, 0.3) is 0 Å². The number of benzene rings is 2. The van der Waals surface area contributed by atoms with Crippen molar-refractivity contribution in [2.45, 2.75) is 32.4 Å². The fourth-order valence-electron chi connectivity index (χ4n) is 4.08. The number of ether oxygens (including phenoxy) is 2. The second-order valence-corrected chi connectivity index (χ2v) is 7.83. The molecule has 2 aliphatic heterocycles. The van der Waals surface area contributed by atoms with Crippen molar-refractivity contribution in [3.63, 3.8) is 0 Å². The Hall–Kier alpha value is -2.12. The number of hydrogen-bond acceptors (Lipinski definition) is 6. The van der Waals surface area contributed by atoms with Crippen LogP contribution < -0.4 is 9.47 Å². The molecule has 4 rings (SSSR count). The number of para-hydroxylation sites is 1. The quantitative estimate of drug-likeness (QED) is 0.712. The zero-order valence-electron chi connectivity index (χ0n) is 16.8. The van der Waals surface area contributed by atoms with Gasteiger partial charge in [-0.3, -0.25) is 9.80 Å². The maximum Gasteiger partial charge on any atom is 0.142 e. The van der Waals surface area contributed by atoms with E-state index in [9.17, 15) is 0 Å². The molecule has 29 heavy (non-hydrogen) atoms. The van der Waals surface area contributed by atoms with E-state index in [1.165, 1.54) is 22.3 Å². The molecule has 6 heteroatoms. The maximum atomic E-state index is 9.06. The highest BCUT2D eigenvalue weighted by molar-refractivity contribution is 5.46. The molecule has 156 valence electrons. The number of aliphatic hydroxyl groups excluding tert-OH is 2. The van der Waals surface area contributed by atoms with Crippen LogP contribution in [0.2, 0.25) is 0 Å². The summed E-state index contributed by atoms with van der Waals surface area (Å²) in [5.41, 5.74) is 4.87. The van der Waals surface area contributed by atoms with Crippen molar-refractivity contribution in [2.75, 3.05) is 39.8 Å². The van der Waals surface area contributed by atoms with Gasteiger partial charge in [0.2, 0.25) is 0 Å². The molecule has 2 N–H and O–H groups in total. The largest absolute Gasteiger partial charge is 0.478 e. The topological polar surface area (TPSA) is 65.4 Å². The second-order valence-electron chi connectivity index (χ2n) is 7.83. The van der Waals surface area contributed by atoms with E-state index >= 15 is 0 Å². The van der Waals surface area contributed by atoms with E-state index in [1.54, 1.807) is 0 Å². The zero-order valence-corrected chi connectivity index (χ0v) is 16.8. The standard InChI is InChI=1S/C23H30N2O4/c26-10-2-8-24-14-20-5-1-4-19(23(20)29-17-24)12-18-6-7-22-21(13-18)15-25(16-28-22)9-3-11-27/h1,4-7,13,26-27H,2-3,8-12,14-17H2. The first-order valence-electron chi connectivity index (χ1n) is 10.4. The molecule has 0 aliphatic carbocycles. The van der Waals surface area contributed by atoms with Crippen LogP contribution in [0.5, 0.6) is 11.5 Å². The normalized spacial score (nSPS) is 16.6. The highest BCUT2D eigenvalue weighted by Crippen LogP contribution is 2.32. The average Bonchev–Trinajstić information content (AvgIpc) is 2.76. The van der Waals surface area contributed by atoms with Gasteiger partial charge in [0, 0.05) is 56.9 Å². The van der Waals surface area contributed by atoms with Gasteiger partial charge >= 0.3 is 0 Å². The molecule has 2 aliphatic rings. The van der Waals surface area contributed by atoms with Crippen LogP contribution in [0.3, 0.4) is 0 Å². The SMILES string of the molecule is OCCCN1COc2ccc(Cc3cccc4c3OCN(CCCO)C4)cc2C1. The van der Waals surface area contributed by atoms with E-state index in [-0.39, 0.29) is 13.2 Å². The van der Waals surface area contributed by atoms with E-state index in [0.717, 1.165) is 56.9 Å². The monoisotopic (exact) mass is 398 g/mol. The van der Waals surface area contributed by atoms with Crippen molar-refractivity contribution in [3.05, 3.63) is 58.7 Å². The van der Waals surface area contributed by atoms with Crippen molar-refractivity contribution < 1.29 is 19.7 Å². The molecular formula is C23H30N2O4. The Balaban J connectivity index is 1.47. The Kier molecular flexibility index (Phi) is 6.67. The highest BCUT2D eigenvalue weighted by Gasteiger charge is 2.21. The molecule has 0 saturated heterocycles. The molecule has 6 nitrogen and oxygen atoms in total. The third kappa shape index (κ3) is 4.90. The molecule has 0 aromatic heterocycles. The molecule has 2 heterocycles. The van der Waals surface area contributed by atoms with Crippen LogP contribution >= 0.6 is 0 Å². The van der Waals surface area contributed by atoms with Crippen LogP contribution in [0.15, 0.2) is 36.4 Å². The van der Waals surface area contributed by atoms with Crippen LogP contribution in [-0.4, -0.2) is 59.8 Å². The molecular weight excluding hydrogens is 368 g/mol. The van der Waals surface area contributed by atoms with Crippen LogP contribution in [0.1, 0.15) is 35.1 Å². The van der Waals surface area contributed by atoms with Gasteiger partial charge in [-0.25, -0.2) is 0 Å². The van der Waals surface area contributed by atoms with E-state index in [4.69, 9.17) is 19.7 Å². The van der Waals surface area contributed by atoms with Crippen molar-refractivity contribution >= 4 is 0 Å². The Morgan fingerprint density at radius 3 is 2.31 bits per heavy atom. The lowest BCUT2D eigenvalue weighted by Gasteiger charge is -2.30. The Morgan fingerprint density at radius 2 is 1.55 bits per heavy atom. The summed E-state index contributed by atoms with van der Waals surface area (Å²) in [6.45, 7) is 4.97. The summed E-state index contributed by atoms with van der Waals surface area (Å²) in [4.78, 5) is 4.44. The van der Waals surface area contributed by atoms with Gasteiger partial charge < -0.3 is 19.7 Å². The second kappa shape index (κ2) is 9.59.